The zero-order chi connectivity index (χ0) is 17.6. The van der Waals surface area contributed by atoms with E-state index in [1.807, 2.05) is 0 Å². The number of hydrogen-bond acceptors (Lipinski definition) is 6. The molecule has 0 unspecified atom stereocenters. The molecule has 0 amide bonds. The van der Waals surface area contributed by atoms with Gasteiger partial charge in [-0.2, -0.15) is 16.8 Å². The van der Waals surface area contributed by atoms with Gasteiger partial charge in [0.1, 0.15) is 6.04 Å². The number of carboxylic acids is 1. The molecule has 12 heteroatoms. The number of carbonyl (C=O) groups is 1. The molecule has 0 aliphatic rings. The number of hydrogen-bond donors (Lipinski definition) is 5. The second-order valence-electron chi connectivity index (χ2n) is 4.74. The van der Waals surface area contributed by atoms with Crippen molar-refractivity contribution >= 4 is 37.1 Å². The number of rotatable bonds is 5. The lowest BCUT2D eigenvalue weighted by Gasteiger charge is -2.07. The Kier molecular flexibility index (Phi) is 4.21. The second kappa shape index (κ2) is 5.58. The third kappa shape index (κ3) is 3.51. The van der Waals surface area contributed by atoms with Crippen molar-refractivity contribution in [1.29, 1.82) is 0 Å². The topological polar surface area (TPSA) is 188 Å². The molecule has 1 atom stereocenters. The third-order valence-electron chi connectivity index (χ3n) is 3.14. The number of carboxylic acid groups (broad SMARTS) is 1. The monoisotopic (exact) mass is 364 g/mol. The second-order valence-corrected chi connectivity index (χ2v) is 7.52. The molecule has 0 spiro atoms. The first-order valence-corrected chi connectivity index (χ1v) is 8.87. The molecule has 1 heterocycles. The Morgan fingerprint density at radius 3 is 2.26 bits per heavy atom. The molecule has 2 rings (SSSR count). The van der Waals surface area contributed by atoms with E-state index in [0.29, 0.717) is 0 Å². The van der Waals surface area contributed by atoms with E-state index in [1.165, 1.54) is 6.07 Å². The highest BCUT2D eigenvalue weighted by molar-refractivity contribution is 7.86. The Bertz CT molecular complexity index is 990. The van der Waals surface area contributed by atoms with E-state index < -0.39 is 48.6 Å². The fourth-order valence-corrected chi connectivity index (χ4v) is 3.34. The van der Waals surface area contributed by atoms with Crippen molar-refractivity contribution in [3.05, 3.63) is 23.8 Å². The minimum Gasteiger partial charge on any atom is -0.480 e. The lowest BCUT2D eigenvalue weighted by molar-refractivity contribution is -0.138. The average molecular weight is 364 g/mol. The minimum atomic E-state index is -4.73. The molecule has 6 N–H and O–H groups in total. The summed E-state index contributed by atoms with van der Waals surface area (Å²) in [7, 11) is -9.29. The number of nitrogens with two attached hydrogens (primary N) is 1. The van der Waals surface area contributed by atoms with Crippen LogP contribution in [0.3, 0.4) is 0 Å². The number of fused-ring (bicyclic) bond motifs is 1. The summed E-state index contributed by atoms with van der Waals surface area (Å²) in [5.74, 6) is -1.41. The van der Waals surface area contributed by atoms with Crippen LogP contribution in [0.5, 0.6) is 0 Å². The highest BCUT2D eigenvalue weighted by Crippen LogP contribution is 2.29. The Hall–Kier alpha value is -1.99. The molecule has 0 fully saturated rings. The number of aromatic amines is 1. The lowest BCUT2D eigenvalue weighted by Crippen LogP contribution is -2.32. The highest BCUT2D eigenvalue weighted by Gasteiger charge is 2.26. The van der Waals surface area contributed by atoms with Crippen LogP contribution in [0.2, 0.25) is 0 Å². The Morgan fingerprint density at radius 2 is 1.78 bits per heavy atom. The van der Waals surface area contributed by atoms with Crippen LogP contribution in [0.15, 0.2) is 28.1 Å². The molecule has 10 nitrogen and oxygen atoms in total. The smallest absolute Gasteiger partial charge is 0.320 e. The Balaban J connectivity index is 2.79. The van der Waals surface area contributed by atoms with Crippen LogP contribution in [0.4, 0.5) is 0 Å². The largest absolute Gasteiger partial charge is 0.480 e. The zero-order valence-corrected chi connectivity index (χ0v) is 12.9. The SMILES string of the molecule is N[C@@H](Cc1c(S(=O)(=O)O)[nH]c2ccc(S(=O)(=O)O)cc12)C(=O)O. The number of aliphatic carboxylic acids is 1. The van der Waals surface area contributed by atoms with Gasteiger partial charge in [-0.3, -0.25) is 13.9 Å². The maximum Gasteiger partial charge on any atom is 0.320 e. The summed E-state index contributed by atoms with van der Waals surface area (Å²) in [6.07, 6.45) is -0.487. The van der Waals surface area contributed by atoms with Crippen LogP contribution in [-0.4, -0.2) is 48.0 Å². The van der Waals surface area contributed by atoms with Gasteiger partial charge in [0.15, 0.2) is 5.03 Å². The van der Waals surface area contributed by atoms with Crippen molar-refractivity contribution in [3.8, 4) is 0 Å². The summed E-state index contributed by atoms with van der Waals surface area (Å²) in [6.45, 7) is 0. The van der Waals surface area contributed by atoms with Crippen LogP contribution >= 0.6 is 0 Å². The first-order valence-electron chi connectivity index (χ1n) is 5.99. The molecule has 0 saturated heterocycles. The maximum atomic E-state index is 11.4. The van der Waals surface area contributed by atoms with Gasteiger partial charge < -0.3 is 15.8 Å². The standard InChI is InChI=1S/C11H12N2O8S2/c12-8(11(14)15)4-7-6-3-5(22(16,17)18)1-2-9(6)13-10(7)23(19,20)21/h1-3,8,13H,4,12H2,(H,14,15)(H,16,17,18)(H,19,20,21)/t8-/m0/s1. The third-order valence-corrected chi connectivity index (χ3v) is 4.85. The summed E-state index contributed by atoms with van der Waals surface area (Å²) in [5, 5.41) is 8.17. The van der Waals surface area contributed by atoms with Gasteiger partial charge in [0, 0.05) is 22.9 Å². The minimum absolute atomic E-state index is 0.00412. The van der Waals surface area contributed by atoms with Crippen molar-refractivity contribution in [1.82, 2.24) is 4.98 Å². The molecule has 0 bridgehead atoms. The van der Waals surface area contributed by atoms with E-state index in [2.05, 4.69) is 4.98 Å². The summed E-state index contributed by atoms with van der Waals surface area (Å²) in [6, 6.07) is 1.66. The van der Waals surface area contributed by atoms with E-state index in [1.54, 1.807) is 0 Å². The fourth-order valence-electron chi connectivity index (χ4n) is 2.09. The molecule has 126 valence electrons. The summed E-state index contributed by atoms with van der Waals surface area (Å²) >= 11 is 0. The van der Waals surface area contributed by atoms with Gasteiger partial charge in [0.25, 0.3) is 10.1 Å². The van der Waals surface area contributed by atoms with E-state index in [-0.39, 0.29) is 16.5 Å². The molecule has 0 aliphatic heterocycles. The average Bonchev–Trinajstić information content (AvgIpc) is 2.75. The molecule has 1 aromatic heterocycles. The van der Waals surface area contributed by atoms with Crippen molar-refractivity contribution < 1.29 is 35.8 Å². The number of benzene rings is 1. The van der Waals surface area contributed by atoms with Gasteiger partial charge in [0.2, 0.25) is 0 Å². The van der Waals surface area contributed by atoms with E-state index >= 15 is 0 Å². The summed E-state index contributed by atoms with van der Waals surface area (Å²) in [5.41, 5.74) is 5.31. The van der Waals surface area contributed by atoms with Crippen LogP contribution in [0.25, 0.3) is 10.9 Å². The molecule has 2 aromatic rings. The lowest BCUT2D eigenvalue weighted by atomic mass is 10.1. The van der Waals surface area contributed by atoms with Crippen molar-refractivity contribution in [2.45, 2.75) is 22.4 Å². The molecule has 23 heavy (non-hydrogen) atoms. The van der Waals surface area contributed by atoms with Crippen LogP contribution in [0, 0.1) is 0 Å². The zero-order valence-electron chi connectivity index (χ0n) is 11.3. The van der Waals surface area contributed by atoms with Gasteiger partial charge in [-0.15, -0.1) is 0 Å². The van der Waals surface area contributed by atoms with Crippen molar-refractivity contribution in [2.75, 3.05) is 0 Å². The highest BCUT2D eigenvalue weighted by atomic mass is 32.2. The van der Waals surface area contributed by atoms with Gasteiger partial charge in [-0.1, -0.05) is 0 Å². The maximum absolute atomic E-state index is 11.4. The quantitative estimate of drug-likeness (QED) is 0.440. The molecular formula is C11H12N2O8S2. The van der Waals surface area contributed by atoms with Crippen molar-refractivity contribution in [2.24, 2.45) is 5.73 Å². The van der Waals surface area contributed by atoms with Gasteiger partial charge >= 0.3 is 16.1 Å². The molecular weight excluding hydrogens is 352 g/mol. The van der Waals surface area contributed by atoms with E-state index in [4.69, 9.17) is 15.4 Å². The molecule has 0 aliphatic carbocycles. The first-order chi connectivity index (χ1) is 10.4. The fraction of sp³-hybridized carbons (Fsp3) is 0.182. The van der Waals surface area contributed by atoms with Crippen molar-refractivity contribution in [3.63, 3.8) is 0 Å². The van der Waals surface area contributed by atoms with E-state index in [9.17, 15) is 26.2 Å². The van der Waals surface area contributed by atoms with E-state index in [0.717, 1.165) is 12.1 Å². The van der Waals surface area contributed by atoms with Crippen LogP contribution in [0.1, 0.15) is 5.56 Å². The molecule has 0 radical (unpaired) electrons. The van der Waals surface area contributed by atoms with Gasteiger partial charge in [0.05, 0.1) is 4.90 Å². The summed E-state index contributed by atoms with van der Waals surface area (Å²) < 4.78 is 63.5. The Labute approximate surface area is 130 Å². The van der Waals surface area contributed by atoms with Gasteiger partial charge in [-0.05, 0) is 18.2 Å². The van der Waals surface area contributed by atoms with Crippen LogP contribution in [-0.2, 0) is 31.5 Å². The number of nitrogens with one attached hydrogen (secondary N) is 1. The first kappa shape index (κ1) is 17.4. The Morgan fingerprint density at radius 1 is 1.17 bits per heavy atom. The van der Waals surface area contributed by atoms with Crippen LogP contribution < -0.4 is 5.73 Å². The predicted octanol–water partition coefficient (Wildman–Crippen LogP) is -0.384. The number of H-pyrrole nitrogens is 1. The normalized spacial score (nSPS) is 14.0. The summed E-state index contributed by atoms with van der Waals surface area (Å²) in [4.78, 5) is 12.7. The molecule has 0 saturated carbocycles. The number of aromatic nitrogens is 1. The van der Waals surface area contributed by atoms with Gasteiger partial charge in [-0.25, -0.2) is 0 Å². The predicted molar refractivity (Wildman–Crippen MR) is 77.2 cm³/mol. The molecule has 1 aromatic carbocycles.